The Bertz CT molecular complexity index is 1570. The van der Waals surface area contributed by atoms with Crippen LogP contribution in [-0.4, -0.2) is 35.6 Å². The number of fused-ring (bicyclic) bond motifs is 1. The van der Waals surface area contributed by atoms with E-state index < -0.39 is 16.0 Å². The van der Waals surface area contributed by atoms with E-state index in [0.717, 1.165) is 0 Å². The number of pyridine rings is 2. The number of nitrogens with zero attached hydrogens (tertiary/aromatic N) is 2. The van der Waals surface area contributed by atoms with Gasteiger partial charge in [-0.05, 0) is 56.3 Å². The maximum absolute atomic E-state index is 13.4. The van der Waals surface area contributed by atoms with Crippen LogP contribution in [0.4, 0.5) is 5.69 Å². The van der Waals surface area contributed by atoms with Crippen LogP contribution in [0, 0.1) is 11.8 Å². The van der Waals surface area contributed by atoms with Crippen LogP contribution in [0.5, 0.6) is 5.75 Å². The fourth-order valence-corrected chi connectivity index (χ4v) is 4.56. The molecular formula is C26H21N3O5S. The van der Waals surface area contributed by atoms with Crippen LogP contribution >= 0.6 is 0 Å². The zero-order valence-corrected chi connectivity index (χ0v) is 19.7. The second-order valence-electron chi connectivity index (χ2n) is 7.77. The van der Waals surface area contributed by atoms with Crippen molar-refractivity contribution in [2.45, 2.75) is 24.8 Å². The quantitative estimate of drug-likeness (QED) is 0.389. The topological polar surface area (TPSA) is 118 Å². The predicted octanol–water partition coefficient (Wildman–Crippen LogP) is 4.32. The predicted molar refractivity (Wildman–Crippen MR) is 132 cm³/mol. The SMILES string of the molecule is CC(C)Oc1ccnc2c(S(=O)(=O)Nc3ccccc3C#Cc3ccc(C(=O)O)nc3)cccc12. The molecule has 2 N–H and O–H groups in total. The summed E-state index contributed by atoms with van der Waals surface area (Å²) in [6.45, 7) is 3.78. The minimum Gasteiger partial charge on any atom is -0.490 e. The fraction of sp³-hybridized carbons (Fsp3) is 0.115. The van der Waals surface area contributed by atoms with Gasteiger partial charge in [-0.2, -0.15) is 0 Å². The zero-order valence-electron chi connectivity index (χ0n) is 18.9. The summed E-state index contributed by atoms with van der Waals surface area (Å²) >= 11 is 0. The molecule has 8 nitrogen and oxygen atoms in total. The molecule has 0 fully saturated rings. The average Bonchev–Trinajstić information content (AvgIpc) is 2.83. The lowest BCUT2D eigenvalue weighted by Crippen LogP contribution is -2.15. The summed E-state index contributed by atoms with van der Waals surface area (Å²) in [5, 5.41) is 9.56. The molecule has 2 heterocycles. The molecule has 0 unspecified atom stereocenters. The third-order valence-electron chi connectivity index (χ3n) is 4.84. The fourth-order valence-electron chi connectivity index (χ4n) is 3.31. The first kappa shape index (κ1) is 23.7. The van der Waals surface area contributed by atoms with Gasteiger partial charge in [0.1, 0.15) is 16.3 Å². The van der Waals surface area contributed by atoms with Crippen molar-refractivity contribution in [3.63, 3.8) is 0 Å². The molecule has 0 saturated heterocycles. The summed E-state index contributed by atoms with van der Waals surface area (Å²) in [7, 11) is -4.02. The minimum atomic E-state index is -4.02. The Morgan fingerprint density at radius 3 is 2.51 bits per heavy atom. The first-order valence-electron chi connectivity index (χ1n) is 10.6. The van der Waals surface area contributed by atoms with Gasteiger partial charge >= 0.3 is 5.97 Å². The van der Waals surface area contributed by atoms with Crippen LogP contribution < -0.4 is 9.46 Å². The molecule has 4 rings (SSSR count). The number of aromatic carboxylic acids is 1. The summed E-state index contributed by atoms with van der Waals surface area (Å²) in [6, 6.07) is 16.2. The number of carbonyl (C=O) groups is 1. The summed E-state index contributed by atoms with van der Waals surface area (Å²) in [6.07, 6.45) is 2.78. The molecule has 0 spiro atoms. The highest BCUT2D eigenvalue weighted by Crippen LogP contribution is 2.30. The number of anilines is 1. The number of carboxylic acid groups (broad SMARTS) is 1. The first-order chi connectivity index (χ1) is 16.7. The monoisotopic (exact) mass is 487 g/mol. The van der Waals surface area contributed by atoms with Gasteiger partial charge in [0.25, 0.3) is 10.0 Å². The van der Waals surface area contributed by atoms with Crippen molar-refractivity contribution in [1.29, 1.82) is 0 Å². The third-order valence-corrected chi connectivity index (χ3v) is 6.24. The number of hydrogen-bond acceptors (Lipinski definition) is 6. The number of carboxylic acids is 1. The Hall–Kier alpha value is -4.42. The second kappa shape index (κ2) is 9.83. The molecule has 0 aliphatic heterocycles. The van der Waals surface area contributed by atoms with E-state index in [1.54, 1.807) is 42.5 Å². The average molecular weight is 488 g/mol. The summed E-state index contributed by atoms with van der Waals surface area (Å²) in [5.74, 6) is 5.22. The van der Waals surface area contributed by atoms with Crippen molar-refractivity contribution < 1.29 is 23.1 Å². The molecule has 0 radical (unpaired) electrons. The molecule has 0 bridgehead atoms. The number of benzene rings is 2. The van der Waals surface area contributed by atoms with E-state index in [2.05, 4.69) is 26.5 Å². The molecule has 0 aliphatic carbocycles. The van der Waals surface area contributed by atoms with Gasteiger partial charge in [0, 0.05) is 28.9 Å². The Morgan fingerprint density at radius 1 is 1.00 bits per heavy atom. The Balaban J connectivity index is 1.68. The van der Waals surface area contributed by atoms with E-state index in [0.29, 0.717) is 33.5 Å². The van der Waals surface area contributed by atoms with Crippen molar-refractivity contribution in [1.82, 2.24) is 9.97 Å². The minimum absolute atomic E-state index is 0.0143. The lowest BCUT2D eigenvalue weighted by molar-refractivity contribution is 0.0690. The van der Waals surface area contributed by atoms with Crippen molar-refractivity contribution in [3.8, 4) is 17.6 Å². The van der Waals surface area contributed by atoms with Crippen LogP contribution in [0.25, 0.3) is 10.9 Å². The first-order valence-corrected chi connectivity index (χ1v) is 12.1. The molecular weight excluding hydrogens is 466 g/mol. The van der Waals surface area contributed by atoms with E-state index in [9.17, 15) is 13.2 Å². The molecule has 0 amide bonds. The lowest BCUT2D eigenvalue weighted by Gasteiger charge is -2.14. The molecule has 0 aliphatic rings. The Labute approximate surface area is 202 Å². The largest absolute Gasteiger partial charge is 0.490 e. The molecule has 0 atom stereocenters. The maximum atomic E-state index is 13.4. The van der Waals surface area contributed by atoms with Gasteiger partial charge < -0.3 is 9.84 Å². The molecule has 4 aromatic rings. The lowest BCUT2D eigenvalue weighted by atomic mass is 10.1. The highest BCUT2D eigenvalue weighted by molar-refractivity contribution is 7.93. The molecule has 2 aromatic carbocycles. The molecule has 0 saturated carbocycles. The Kier molecular flexibility index (Phi) is 6.66. The summed E-state index contributed by atoms with van der Waals surface area (Å²) in [5.41, 5.74) is 1.43. The number of para-hydroxylation sites is 2. The standard InChI is InChI=1S/C26H21N3O5S/c1-17(2)34-23-14-15-27-25-20(23)7-5-9-24(25)35(32,33)29-21-8-4-3-6-19(21)12-10-18-11-13-22(26(30)31)28-16-18/h3-9,11,13-17,29H,1-2H3,(H,30,31). The van der Waals surface area contributed by atoms with Crippen LogP contribution in [0.2, 0.25) is 0 Å². The zero-order chi connectivity index (χ0) is 25.0. The second-order valence-corrected chi connectivity index (χ2v) is 9.42. The van der Waals surface area contributed by atoms with Crippen LogP contribution in [0.15, 0.2) is 78.0 Å². The van der Waals surface area contributed by atoms with E-state index in [1.165, 1.54) is 30.6 Å². The smallest absolute Gasteiger partial charge is 0.354 e. The van der Waals surface area contributed by atoms with Crippen LogP contribution in [-0.2, 0) is 10.0 Å². The number of nitrogens with one attached hydrogen (secondary N) is 1. The maximum Gasteiger partial charge on any atom is 0.354 e. The van der Waals surface area contributed by atoms with Gasteiger partial charge in [0.05, 0.1) is 17.3 Å². The van der Waals surface area contributed by atoms with E-state index in [4.69, 9.17) is 9.84 Å². The molecule has 35 heavy (non-hydrogen) atoms. The third kappa shape index (κ3) is 5.39. The number of aromatic nitrogens is 2. The summed E-state index contributed by atoms with van der Waals surface area (Å²) < 4.78 is 35.2. The van der Waals surface area contributed by atoms with Gasteiger partial charge in [0.2, 0.25) is 0 Å². The van der Waals surface area contributed by atoms with Gasteiger partial charge in [-0.3, -0.25) is 9.71 Å². The van der Waals surface area contributed by atoms with Crippen molar-refractivity contribution in [3.05, 3.63) is 89.9 Å². The van der Waals surface area contributed by atoms with Gasteiger partial charge in [-0.25, -0.2) is 18.2 Å². The van der Waals surface area contributed by atoms with E-state index >= 15 is 0 Å². The van der Waals surface area contributed by atoms with Gasteiger partial charge in [0.15, 0.2) is 0 Å². The van der Waals surface area contributed by atoms with Crippen molar-refractivity contribution in [2.24, 2.45) is 0 Å². The summed E-state index contributed by atoms with van der Waals surface area (Å²) in [4.78, 5) is 19.1. The van der Waals surface area contributed by atoms with E-state index in [-0.39, 0.29) is 16.7 Å². The number of rotatable bonds is 6. The van der Waals surface area contributed by atoms with Crippen molar-refractivity contribution in [2.75, 3.05) is 4.72 Å². The number of sulfonamides is 1. The normalized spacial score (nSPS) is 11.1. The highest BCUT2D eigenvalue weighted by atomic mass is 32.2. The van der Waals surface area contributed by atoms with Crippen molar-refractivity contribution >= 4 is 32.6 Å². The number of hydrogen-bond donors (Lipinski definition) is 2. The Morgan fingerprint density at radius 2 is 1.80 bits per heavy atom. The van der Waals surface area contributed by atoms with Crippen LogP contribution in [0.3, 0.4) is 0 Å². The molecule has 9 heteroatoms. The van der Waals surface area contributed by atoms with E-state index in [1.807, 2.05) is 13.8 Å². The number of ether oxygens (including phenoxy) is 1. The highest BCUT2D eigenvalue weighted by Gasteiger charge is 2.21. The van der Waals surface area contributed by atoms with Crippen LogP contribution in [0.1, 0.15) is 35.5 Å². The van der Waals surface area contributed by atoms with Gasteiger partial charge in [-0.1, -0.05) is 30.0 Å². The molecule has 176 valence electrons. The molecule has 2 aromatic heterocycles. The van der Waals surface area contributed by atoms with Gasteiger partial charge in [-0.15, -0.1) is 0 Å².